The van der Waals surface area contributed by atoms with Crippen LogP contribution in [0.3, 0.4) is 0 Å². The lowest BCUT2D eigenvalue weighted by molar-refractivity contribution is -0.458. The van der Waals surface area contributed by atoms with Gasteiger partial charge in [-0.15, -0.1) is 4.72 Å². The number of carbonyl (C=O) groups is 1. The molecule has 0 rings (SSSR count). The smallest absolute Gasteiger partial charge is 0.460 e. The first kappa shape index (κ1) is 33.0. The van der Waals surface area contributed by atoms with E-state index in [-0.39, 0.29) is 0 Å². The average Bonchev–Trinajstić information content (AvgIpc) is 2.58. The monoisotopic (exact) mass is 593 g/mol. The van der Waals surface area contributed by atoms with Crippen molar-refractivity contribution in [2.45, 2.75) is 53.0 Å². The molecule has 0 aliphatic carbocycles. The fourth-order valence-electron chi connectivity index (χ4n) is 1.59. The third kappa shape index (κ3) is 4.30. The molecule has 0 amide bonds. The molecule has 35 heavy (non-hydrogen) atoms. The summed E-state index contributed by atoms with van der Waals surface area (Å²) in [6.45, 7) is 0. The van der Waals surface area contributed by atoms with E-state index in [1.54, 1.807) is 0 Å². The molecular weight excluding hydrogens is 591 g/mol. The third-order valence-electron chi connectivity index (χ3n) is 3.56. The Morgan fingerprint density at radius 2 is 0.771 bits per heavy atom. The molecule has 25 heteroatoms. The highest BCUT2D eigenvalue weighted by molar-refractivity contribution is 7.90. The second kappa shape index (κ2) is 8.03. The number of halogens is 19. The molecule has 0 spiro atoms. The molecule has 0 saturated carbocycles. The van der Waals surface area contributed by atoms with Crippen LogP contribution in [0.15, 0.2) is 0 Å². The van der Waals surface area contributed by atoms with Crippen LogP contribution in [0.2, 0.25) is 0 Å². The Kier molecular flexibility index (Phi) is 7.58. The molecule has 0 aromatic heterocycles. The van der Waals surface area contributed by atoms with Gasteiger partial charge in [0, 0.05) is 0 Å². The molecule has 0 aliphatic heterocycles. The Morgan fingerprint density at radius 1 is 0.514 bits per heavy atom. The SMILES string of the molecule is O=C(O)C(F)(F)NS(=O)(=O)C(F)(F)C(F)(F)C(F)(F)C(F)(F)C(F)(F)C(F)(F)C(F)(F)C(F)(F)F. The predicted octanol–water partition coefficient (Wildman–Crippen LogP) is 4.55. The van der Waals surface area contributed by atoms with E-state index >= 15 is 0 Å². The number of aliphatic carboxylic acids is 1. The molecule has 5 nitrogen and oxygen atoms in total. The van der Waals surface area contributed by atoms with E-state index in [4.69, 9.17) is 5.11 Å². The van der Waals surface area contributed by atoms with Gasteiger partial charge in [-0.3, -0.25) is 0 Å². The van der Waals surface area contributed by atoms with Gasteiger partial charge in [0.1, 0.15) is 0 Å². The van der Waals surface area contributed by atoms with Crippen LogP contribution in [-0.4, -0.2) is 72.5 Å². The van der Waals surface area contributed by atoms with Crippen molar-refractivity contribution in [3.8, 4) is 0 Å². The quantitative estimate of drug-likeness (QED) is 0.288. The minimum absolute atomic E-state index is 1.26. The number of alkyl halides is 19. The number of sulfonamides is 1. The zero-order valence-corrected chi connectivity index (χ0v) is 15.6. The van der Waals surface area contributed by atoms with Gasteiger partial charge in [-0.25, -0.2) is 13.2 Å². The lowest BCUT2D eigenvalue weighted by Gasteiger charge is -2.42. The molecule has 210 valence electrons. The van der Waals surface area contributed by atoms with Gasteiger partial charge >= 0.3 is 59.0 Å². The van der Waals surface area contributed by atoms with Gasteiger partial charge in [0.2, 0.25) is 0 Å². The van der Waals surface area contributed by atoms with Crippen LogP contribution in [0.4, 0.5) is 83.4 Å². The van der Waals surface area contributed by atoms with Crippen LogP contribution in [0, 0.1) is 0 Å². The minimum atomic E-state index is -9.14. The van der Waals surface area contributed by atoms with E-state index < -0.39 is 73.7 Å². The maximum absolute atomic E-state index is 13.4. The lowest BCUT2D eigenvalue weighted by Crippen LogP contribution is -2.75. The molecule has 2 N–H and O–H groups in total. The van der Waals surface area contributed by atoms with E-state index in [1.165, 1.54) is 0 Å². The highest BCUT2D eigenvalue weighted by Crippen LogP contribution is 2.64. The van der Waals surface area contributed by atoms with Gasteiger partial charge in [0.05, 0.1) is 0 Å². The van der Waals surface area contributed by atoms with Crippen LogP contribution in [0.25, 0.3) is 0 Å². The van der Waals surface area contributed by atoms with E-state index in [2.05, 4.69) is 0 Å². The molecule has 0 unspecified atom stereocenters. The Morgan fingerprint density at radius 3 is 1.03 bits per heavy atom. The van der Waals surface area contributed by atoms with E-state index in [1.807, 2.05) is 0 Å². The van der Waals surface area contributed by atoms with Gasteiger partial charge in [0.25, 0.3) is 10.0 Å². The number of hydrogen-bond acceptors (Lipinski definition) is 3. The summed E-state index contributed by atoms with van der Waals surface area (Å²) >= 11 is 0. The molecule has 0 aliphatic rings. The normalized spacial score (nSPS) is 16.4. The molecule has 0 saturated heterocycles. The second-order valence-corrected chi connectivity index (χ2v) is 7.67. The summed E-state index contributed by atoms with van der Waals surface area (Å²) in [5, 5.41) is -0.524. The van der Waals surface area contributed by atoms with Crippen LogP contribution in [0.5, 0.6) is 0 Å². The number of carboxylic acids is 1. The Bertz CT molecular complexity index is 936. The summed E-state index contributed by atoms with van der Waals surface area (Å²) in [7, 11) is -8.43. The summed E-state index contributed by atoms with van der Waals surface area (Å²) in [6.07, 6.45) is -8.01. The molecule has 0 atom stereocenters. The molecule has 0 heterocycles. The lowest BCUT2D eigenvalue weighted by atomic mass is 9.91. The van der Waals surface area contributed by atoms with Crippen molar-refractivity contribution in [2.24, 2.45) is 0 Å². The average molecular weight is 593 g/mol. The summed E-state index contributed by atoms with van der Waals surface area (Å²) in [5.41, 5.74) is 0. The fraction of sp³-hybridized carbons (Fsp3) is 0.900. The first-order valence-electron chi connectivity index (χ1n) is 7.01. The zero-order chi connectivity index (χ0) is 29.3. The van der Waals surface area contributed by atoms with Crippen LogP contribution >= 0.6 is 0 Å². The number of carboxylic acid groups (broad SMARTS) is 1. The van der Waals surface area contributed by atoms with E-state index in [0.29, 0.717) is 0 Å². The number of rotatable bonds is 10. The minimum Gasteiger partial charge on any atom is -0.476 e. The van der Waals surface area contributed by atoms with E-state index in [0.717, 1.165) is 0 Å². The van der Waals surface area contributed by atoms with Crippen molar-refractivity contribution < 1.29 is 102 Å². The van der Waals surface area contributed by atoms with E-state index in [9.17, 15) is 96.6 Å². The Labute approximate surface area is 176 Å². The summed E-state index contributed by atoms with van der Waals surface area (Å²) in [5.74, 6) is -57.3. The van der Waals surface area contributed by atoms with Crippen molar-refractivity contribution in [1.29, 1.82) is 0 Å². The van der Waals surface area contributed by atoms with Crippen LogP contribution in [0.1, 0.15) is 0 Å². The van der Waals surface area contributed by atoms with Gasteiger partial charge in [-0.05, 0) is 0 Å². The highest BCUT2D eigenvalue weighted by atomic mass is 32.2. The second-order valence-electron chi connectivity index (χ2n) is 5.95. The van der Waals surface area contributed by atoms with Gasteiger partial charge < -0.3 is 5.11 Å². The summed E-state index contributed by atoms with van der Waals surface area (Å²) in [4.78, 5) is 9.93. The topological polar surface area (TPSA) is 83.5 Å². The van der Waals surface area contributed by atoms with Crippen LogP contribution in [-0.2, 0) is 14.8 Å². The molecule has 0 aromatic rings. The van der Waals surface area contributed by atoms with Crippen molar-refractivity contribution in [2.75, 3.05) is 0 Å². The van der Waals surface area contributed by atoms with Gasteiger partial charge in [0.15, 0.2) is 0 Å². The molecule has 0 aromatic carbocycles. The summed E-state index contributed by atoms with van der Waals surface area (Å²) in [6, 6.07) is -6.35. The third-order valence-corrected chi connectivity index (χ3v) is 5.02. The van der Waals surface area contributed by atoms with Crippen molar-refractivity contribution in [3.63, 3.8) is 0 Å². The van der Waals surface area contributed by atoms with Gasteiger partial charge in [-0.2, -0.15) is 83.4 Å². The first-order chi connectivity index (χ1) is 14.7. The molecule has 0 bridgehead atoms. The zero-order valence-electron chi connectivity index (χ0n) is 14.8. The number of nitrogens with one attached hydrogen (secondary N) is 1. The van der Waals surface area contributed by atoms with Crippen LogP contribution < -0.4 is 4.72 Å². The first-order valence-corrected chi connectivity index (χ1v) is 8.49. The molecule has 0 radical (unpaired) electrons. The maximum atomic E-state index is 13.4. The molecular formula is C10H2F19NO4S. The maximum Gasteiger partial charge on any atom is 0.460 e. The summed E-state index contributed by atoms with van der Waals surface area (Å²) < 4.78 is 266. The number of hydrogen-bond donors (Lipinski definition) is 2. The largest absolute Gasteiger partial charge is 0.476 e. The Balaban J connectivity index is 7.00. The van der Waals surface area contributed by atoms with Crippen molar-refractivity contribution in [1.82, 2.24) is 4.72 Å². The fourth-order valence-corrected chi connectivity index (χ4v) is 2.61. The Hall–Kier alpha value is -1.95. The standard InChI is InChI=1S/C10H2F19NO4S/c11-2(12,1(31)32)30-35(33,34)10(28,29)8(23,24)6(19,20)4(15,16)3(13,14)5(17,18)7(21,22)9(25,26)27/h30H,(H,31,32). The van der Waals surface area contributed by atoms with Gasteiger partial charge in [-0.1, -0.05) is 0 Å². The molecule has 0 fully saturated rings. The predicted molar refractivity (Wildman–Crippen MR) is 65.3 cm³/mol. The highest BCUT2D eigenvalue weighted by Gasteiger charge is 2.96. The van der Waals surface area contributed by atoms with Crippen molar-refractivity contribution in [3.05, 3.63) is 0 Å². The van der Waals surface area contributed by atoms with Crippen molar-refractivity contribution >= 4 is 16.0 Å².